The van der Waals surface area contributed by atoms with E-state index in [1.807, 2.05) is 24.3 Å². The number of esters is 1. The number of nitrogens with one attached hydrogen (secondary N) is 2. The van der Waals surface area contributed by atoms with Crippen molar-refractivity contribution in [2.45, 2.75) is 18.4 Å². The summed E-state index contributed by atoms with van der Waals surface area (Å²) in [6, 6.07) is 14.6. The summed E-state index contributed by atoms with van der Waals surface area (Å²) in [5, 5.41) is 6.99. The lowest BCUT2D eigenvalue weighted by Gasteiger charge is -2.46. The van der Waals surface area contributed by atoms with Gasteiger partial charge in [0.25, 0.3) is 0 Å². The Labute approximate surface area is 202 Å². The minimum absolute atomic E-state index is 0.256. The van der Waals surface area contributed by atoms with Gasteiger partial charge in [-0.25, -0.2) is 9.59 Å². The molecule has 0 aliphatic carbocycles. The normalized spacial score (nSPS) is 15.7. The number of carbonyl (C=O) groups excluding carboxylic acids is 2. The second-order valence-corrected chi connectivity index (χ2v) is 8.89. The van der Waals surface area contributed by atoms with Crippen LogP contribution in [0.15, 0.2) is 54.7 Å². The fraction of sp³-hybridized carbons (Fsp3) is 0.280. The second-order valence-electron chi connectivity index (χ2n) is 8.45. The molecule has 0 radical (unpaired) electrons. The summed E-state index contributed by atoms with van der Waals surface area (Å²) >= 11 is 6.09. The van der Waals surface area contributed by atoms with Gasteiger partial charge in [0.2, 0.25) is 0 Å². The average Bonchev–Trinajstić information content (AvgIpc) is 3.35. The summed E-state index contributed by atoms with van der Waals surface area (Å²) in [4.78, 5) is 26.9. The Morgan fingerprint density at radius 2 is 1.88 bits per heavy atom. The van der Waals surface area contributed by atoms with E-state index in [1.54, 1.807) is 30.2 Å². The number of rotatable bonds is 3. The molecule has 9 heteroatoms. The monoisotopic (exact) mass is 480 g/mol. The molecule has 1 fully saturated rings. The van der Waals surface area contributed by atoms with Crippen molar-refractivity contribution in [3.8, 4) is 11.4 Å². The topological polar surface area (TPSA) is 84.8 Å². The molecular weight excluding hydrogens is 456 g/mol. The van der Waals surface area contributed by atoms with Crippen LogP contribution in [0.5, 0.6) is 5.75 Å². The molecule has 1 saturated heterocycles. The molecule has 1 spiro atoms. The standard InChI is InChI=1S/C25H25ClN4O4/c1-33-17-6-8-21-20(15-17)28-25(22-4-3-11-30(21)22)9-12-29(13-10-25)24(32)27-19-14-16(26)5-7-18(19)23(31)34-2/h3-8,11,14-15,28H,9-10,12-13H2,1-2H3,(H,27,32). The molecular formula is C25H25ClN4O4. The van der Waals surface area contributed by atoms with Crippen molar-refractivity contribution in [3.63, 3.8) is 0 Å². The van der Waals surface area contributed by atoms with E-state index in [0.717, 1.165) is 30.0 Å². The van der Waals surface area contributed by atoms with Gasteiger partial charge in [0.05, 0.1) is 42.4 Å². The molecule has 2 aliphatic heterocycles. The Morgan fingerprint density at radius 3 is 2.62 bits per heavy atom. The molecule has 2 aliphatic rings. The molecule has 0 atom stereocenters. The first-order valence-electron chi connectivity index (χ1n) is 11.0. The van der Waals surface area contributed by atoms with Crippen molar-refractivity contribution in [1.82, 2.24) is 9.47 Å². The number of anilines is 2. The van der Waals surface area contributed by atoms with E-state index in [9.17, 15) is 9.59 Å². The third-order valence-corrected chi connectivity index (χ3v) is 6.84. The van der Waals surface area contributed by atoms with E-state index in [4.69, 9.17) is 21.1 Å². The summed E-state index contributed by atoms with van der Waals surface area (Å²) in [7, 11) is 2.96. The van der Waals surface area contributed by atoms with Crippen molar-refractivity contribution in [2.75, 3.05) is 37.9 Å². The lowest BCUT2D eigenvalue weighted by Crippen LogP contribution is -2.51. The average molecular weight is 481 g/mol. The smallest absolute Gasteiger partial charge is 0.339 e. The van der Waals surface area contributed by atoms with E-state index in [0.29, 0.717) is 23.8 Å². The largest absolute Gasteiger partial charge is 0.497 e. The maximum Gasteiger partial charge on any atom is 0.339 e. The van der Waals surface area contributed by atoms with Crippen molar-refractivity contribution in [3.05, 3.63) is 71.0 Å². The van der Waals surface area contributed by atoms with Crippen molar-refractivity contribution in [1.29, 1.82) is 0 Å². The zero-order valence-corrected chi connectivity index (χ0v) is 19.7. The highest BCUT2D eigenvalue weighted by atomic mass is 35.5. The van der Waals surface area contributed by atoms with Crippen LogP contribution in [0, 0.1) is 0 Å². The van der Waals surface area contributed by atoms with E-state index < -0.39 is 5.97 Å². The van der Waals surface area contributed by atoms with Gasteiger partial charge in [0.1, 0.15) is 5.75 Å². The van der Waals surface area contributed by atoms with Crippen LogP contribution in [-0.2, 0) is 10.3 Å². The third-order valence-electron chi connectivity index (χ3n) is 6.61. The Hall–Kier alpha value is -3.65. The van der Waals surface area contributed by atoms with Crippen molar-refractivity contribution >= 4 is 35.0 Å². The summed E-state index contributed by atoms with van der Waals surface area (Å²) in [6.45, 7) is 1.08. The molecule has 0 bridgehead atoms. The molecule has 2 amide bonds. The number of nitrogens with zero attached hydrogens (tertiary/aromatic N) is 2. The van der Waals surface area contributed by atoms with E-state index in [-0.39, 0.29) is 17.1 Å². The number of ether oxygens (including phenoxy) is 2. The maximum atomic E-state index is 13.1. The first-order valence-corrected chi connectivity index (χ1v) is 11.4. The first-order chi connectivity index (χ1) is 16.4. The number of halogens is 1. The van der Waals surface area contributed by atoms with Crippen LogP contribution in [0.4, 0.5) is 16.2 Å². The molecule has 5 rings (SSSR count). The number of aromatic nitrogens is 1. The van der Waals surface area contributed by atoms with Gasteiger partial charge in [-0.3, -0.25) is 0 Å². The lowest BCUT2D eigenvalue weighted by atomic mass is 9.82. The Morgan fingerprint density at radius 1 is 1.09 bits per heavy atom. The summed E-state index contributed by atoms with van der Waals surface area (Å²) in [5.41, 5.74) is 3.53. The van der Waals surface area contributed by atoms with Gasteiger partial charge < -0.3 is 29.6 Å². The minimum atomic E-state index is -0.536. The first kappa shape index (κ1) is 22.2. The van der Waals surface area contributed by atoms with Gasteiger partial charge in [-0.15, -0.1) is 0 Å². The number of hydrogen-bond donors (Lipinski definition) is 2. The number of urea groups is 1. The van der Waals surface area contributed by atoms with Crippen LogP contribution < -0.4 is 15.4 Å². The zero-order valence-electron chi connectivity index (χ0n) is 18.9. The van der Waals surface area contributed by atoms with E-state index >= 15 is 0 Å². The molecule has 2 N–H and O–H groups in total. The van der Waals surface area contributed by atoms with Gasteiger partial charge in [0, 0.05) is 36.1 Å². The zero-order chi connectivity index (χ0) is 23.9. The second kappa shape index (κ2) is 8.61. The highest BCUT2D eigenvalue weighted by molar-refractivity contribution is 6.31. The fourth-order valence-electron chi connectivity index (χ4n) is 4.83. The van der Waals surface area contributed by atoms with Crippen LogP contribution >= 0.6 is 11.6 Å². The number of methoxy groups -OCH3 is 2. The molecule has 1 aromatic heterocycles. The number of fused-ring (bicyclic) bond motifs is 4. The number of piperidine rings is 1. The molecule has 0 unspecified atom stereocenters. The molecule has 2 aromatic carbocycles. The van der Waals surface area contributed by atoms with Crippen LogP contribution in [0.1, 0.15) is 28.9 Å². The summed E-state index contributed by atoms with van der Waals surface area (Å²) in [6.07, 6.45) is 3.51. The number of carbonyl (C=O) groups is 2. The maximum absolute atomic E-state index is 13.1. The Bertz CT molecular complexity index is 1260. The summed E-state index contributed by atoms with van der Waals surface area (Å²) in [5.74, 6) is 0.252. The van der Waals surface area contributed by atoms with Crippen molar-refractivity contribution in [2.24, 2.45) is 0 Å². The van der Waals surface area contributed by atoms with Gasteiger partial charge in [-0.1, -0.05) is 11.6 Å². The van der Waals surface area contributed by atoms with Gasteiger partial charge in [-0.2, -0.15) is 0 Å². The predicted octanol–water partition coefficient (Wildman–Crippen LogP) is 4.87. The lowest BCUT2D eigenvalue weighted by molar-refractivity contribution is 0.0602. The highest BCUT2D eigenvalue weighted by Crippen LogP contribution is 2.44. The van der Waals surface area contributed by atoms with Crippen molar-refractivity contribution < 1.29 is 19.1 Å². The SMILES string of the molecule is COC(=O)c1ccc(Cl)cc1NC(=O)N1CCC2(CC1)Nc1cc(OC)ccc1-n1cccc12. The fourth-order valence-corrected chi connectivity index (χ4v) is 5.00. The molecule has 34 heavy (non-hydrogen) atoms. The quantitative estimate of drug-likeness (QED) is 0.522. The van der Waals surface area contributed by atoms with Crippen LogP contribution in [0.3, 0.4) is 0 Å². The van der Waals surface area contributed by atoms with Gasteiger partial charge >= 0.3 is 12.0 Å². The number of amides is 2. The summed E-state index contributed by atoms with van der Waals surface area (Å²) < 4.78 is 12.4. The van der Waals surface area contributed by atoms with Crippen LogP contribution in [-0.4, -0.2) is 48.8 Å². The molecule has 0 saturated carbocycles. The van der Waals surface area contributed by atoms with Crippen LogP contribution in [0.25, 0.3) is 5.69 Å². The number of benzene rings is 2. The number of hydrogen-bond acceptors (Lipinski definition) is 5. The van der Waals surface area contributed by atoms with Crippen LogP contribution in [0.2, 0.25) is 5.02 Å². The number of likely N-dealkylation sites (tertiary alicyclic amines) is 1. The molecule has 176 valence electrons. The Kier molecular flexibility index (Phi) is 5.61. The Balaban J connectivity index is 1.35. The van der Waals surface area contributed by atoms with E-state index in [1.165, 1.54) is 12.8 Å². The third kappa shape index (κ3) is 3.74. The van der Waals surface area contributed by atoms with Gasteiger partial charge in [0.15, 0.2) is 0 Å². The minimum Gasteiger partial charge on any atom is -0.497 e. The molecule has 3 heterocycles. The predicted molar refractivity (Wildman–Crippen MR) is 130 cm³/mol. The van der Waals surface area contributed by atoms with Gasteiger partial charge in [-0.05, 0) is 55.3 Å². The highest BCUT2D eigenvalue weighted by Gasteiger charge is 2.42. The van der Waals surface area contributed by atoms with E-state index in [2.05, 4.69) is 27.5 Å². The molecule has 8 nitrogen and oxygen atoms in total. The molecule has 3 aromatic rings.